The van der Waals surface area contributed by atoms with Crippen LogP contribution in [0.15, 0.2) is 0 Å². The average Bonchev–Trinajstić information content (AvgIpc) is 2.89. The molecule has 0 aromatic carbocycles. The molecular formula is C15H24N2O. The summed E-state index contributed by atoms with van der Waals surface area (Å²) in [6.07, 6.45) is 9.29. The normalized spacial score (nSPS) is 26.9. The first kappa shape index (κ1) is 13.4. The van der Waals surface area contributed by atoms with E-state index in [1.165, 1.54) is 6.42 Å². The smallest absolute Gasteiger partial charge is 0.243 e. The van der Waals surface area contributed by atoms with Crippen LogP contribution in [-0.2, 0) is 4.79 Å². The molecule has 3 nitrogen and oxygen atoms in total. The van der Waals surface area contributed by atoms with Gasteiger partial charge in [0.25, 0.3) is 0 Å². The van der Waals surface area contributed by atoms with Crippen LogP contribution in [0.4, 0.5) is 0 Å². The summed E-state index contributed by atoms with van der Waals surface area (Å²) in [6.45, 7) is 3.04. The van der Waals surface area contributed by atoms with E-state index in [9.17, 15) is 10.1 Å². The molecule has 0 spiro atoms. The minimum atomic E-state index is -0.677. The summed E-state index contributed by atoms with van der Waals surface area (Å²) in [5.74, 6) is 0.139. The Balaban J connectivity index is 2.12. The van der Waals surface area contributed by atoms with Crippen LogP contribution in [0, 0.1) is 16.7 Å². The predicted molar refractivity (Wildman–Crippen MR) is 70.8 cm³/mol. The van der Waals surface area contributed by atoms with Crippen molar-refractivity contribution in [2.45, 2.75) is 70.8 Å². The highest BCUT2D eigenvalue weighted by atomic mass is 16.2. The lowest BCUT2D eigenvalue weighted by Gasteiger charge is -2.39. The largest absolute Gasteiger partial charge is 0.338 e. The van der Waals surface area contributed by atoms with Crippen molar-refractivity contribution < 1.29 is 4.79 Å². The highest BCUT2D eigenvalue weighted by Crippen LogP contribution is 2.40. The van der Waals surface area contributed by atoms with Gasteiger partial charge in [-0.3, -0.25) is 4.79 Å². The van der Waals surface area contributed by atoms with E-state index in [1.807, 2.05) is 4.90 Å². The van der Waals surface area contributed by atoms with Gasteiger partial charge in [0.15, 0.2) is 0 Å². The molecule has 1 amide bonds. The second-order valence-electron chi connectivity index (χ2n) is 5.84. The maximum atomic E-state index is 12.7. The molecule has 1 unspecified atom stereocenters. The van der Waals surface area contributed by atoms with Crippen molar-refractivity contribution in [1.82, 2.24) is 4.90 Å². The zero-order chi connectivity index (χ0) is 13.0. The number of rotatable bonds is 3. The molecule has 1 aliphatic heterocycles. The summed E-state index contributed by atoms with van der Waals surface area (Å²) < 4.78 is 0. The van der Waals surface area contributed by atoms with Crippen LogP contribution in [0.3, 0.4) is 0 Å². The van der Waals surface area contributed by atoms with Crippen LogP contribution < -0.4 is 0 Å². The summed E-state index contributed by atoms with van der Waals surface area (Å²) in [5, 5.41) is 9.44. The number of amides is 1. The fourth-order valence-electron chi connectivity index (χ4n) is 3.53. The molecule has 0 N–H and O–H groups in total. The summed E-state index contributed by atoms with van der Waals surface area (Å²) in [4.78, 5) is 14.8. The van der Waals surface area contributed by atoms with Crippen molar-refractivity contribution in [1.29, 1.82) is 5.26 Å². The molecule has 1 atom stereocenters. The van der Waals surface area contributed by atoms with E-state index in [0.29, 0.717) is 6.04 Å². The minimum Gasteiger partial charge on any atom is -0.338 e. The first-order valence-electron chi connectivity index (χ1n) is 7.46. The lowest BCUT2D eigenvalue weighted by atomic mass is 9.84. The maximum Gasteiger partial charge on any atom is 0.243 e. The SMILES string of the molecule is CCCC1CCCCN1C(=O)C1(C#N)CCCC1. The number of piperidine rings is 1. The molecule has 1 heterocycles. The predicted octanol–water partition coefficient (Wildman–Crippen LogP) is 3.25. The fraction of sp³-hybridized carbons (Fsp3) is 0.867. The van der Waals surface area contributed by atoms with Gasteiger partial charge in [0.05, 0.1) is 6.07 Å². The Hall–Kier alpha value is -1.04. The third kappa shape index (κ3) is 2.39. The highest BCUT2D eigenvalue weighted by molar-refractivity contribution is 5.86. The van der Waals surface area contributed by atoms with E-state index in [-0.39, 0.29) is 5.91 Å². The van der Waals surface area contributed by atoms with Gasteiger partial charge in [-0.25, -0.2) is 0 Å². The Bertz CT molecular complexity index is 337. The second-order valence-corrected chi connectivity index (χ2v) is 5.84. The van der Waals surface area contributed by atoms with Crippen LogP contribution in [0.25, 0.3) is 0 Å². The maximum absolute atomic E-state index is 12.7. The topological polar surface area (TPSA) is 44.1 Å². The van der Waals surface area contributed by atoms with Crippen molar-refractivity contribution in [2.75, 3.05) is 6.54 Å². The number of hydrogen-bond acceptors (Lipinski definition) is 2. The zero-order valence-corrected chi connectivity index (χ0v) is 11.5. The molecule has 3 heteroatoms. The molecule has 0 aromatic heterocycles. The molecule has 18 heavy (non-hydrogen) atoms. The van der Waals surface area contributed by atoms with Crippen LogP contribution in [0.1, 0.15) is 64.7 Å². The van der Waals surface area contributed by atoms with Crippen molar-refractivity contribution in [3.05, 3.63) is 0 Å². The monoisotopic (exact) mass is 248 g/mol. The highest BCUT2D eigenvalue weighted by Gasteiger charge is 2.45. The Morgan fingerprint density at radius 3 is 2.67 bits per heavy atom. The number of carbonyl (C=O) groups is 1. The summed E-state index contributed by atoms with van der Waals surface area (Å²) in [5.41, 5.74) is -0.677. The molecule has 2 fully saturated rings. The lowest BCUT2D eigenvalue weighted by molar-refractivity contribution is -0.142. The summed E-state index contributed by atoms with van der Waals surface area (Å²) in [7, 11) is 0. The first-order valence-corrected chi connectivity index (χ1v) is 7.46. The standard InChI is InChI=1S/C15H24N2O/c1-2-7-13-8-3-6-11-17(13)14(18)15(12-16)9-4-5-10-15/h13H,2-11H2,1H3. The molecule has 2 rings (SSSR count). The van der Waals surface area contributed by atoms with Crippen molar-refractivity contribution in [3.8, 4) is 6.07 Å². The lowest BCUT2D eigenvalue weighted by Crippen LogP contribution is -2.49. The summed E-state index contributed by atoms with van der Waals surface area (Å²) >= 11 is 0. The molecule has 1 saturated heterocycles. The molecule has 1 saturated carbocycles. The molecule has 2 aliphatic rings. The van der Waals surface area contributed by atoms with Crippen LogP contribution in [0.2, 0.25) is 0 Å². The van der Waals surface area contributed by atoms with Gasteiger partial charge in [-0.2, -0.15) is 5.26 Å². The number of carbonyl (C=O) groups excluding carboxylic acids is 1. The molecule has 1 aliphatic carbocycles. The van der Waals surface area contributed by atoms with Gasteiger partial charge in [0.2, 0.25) is 5.91 Å². The minimum absolute atomic E-state index is 0.139. The van der Waals surface area contributed by atoms with Gasteiger partial charge in [-0.05, 0) is 38.5 Å². The Morgan fingerprint density at radius 2 is 2.06 bits per heavy atom. The third-order valence-electron chi connectivity index (χ3n) is 4.59. The molecular weight excluding hydrogens is 224 g/mol. The Labute approximate surface area is 110 Å². The molecule has 0 aromatic rings. The van der Waals surface area contributed by atoms with Crippen LogP contribution in [-0.4, -0.2) is 23.4 Å². The number of nitrogens with zero attached hydrogens (tertiary/aromatic N) is 2. The number of hydrogen-bond donors (Lipinski definition) is 0. The van der Waals surface area contributed by atoms with E-state index in [1.54, 1.807) is 0 Å². The van der Waals surface area contributed by atoms with E-state index in [2.05, 4.69) is 13.0 Å². The van der Waals surface area contributed by atoms with Gasteiger partial charge < -0.3 is 4.90 Å². The molecule has 100 valence electrons. The summed E-state index contributed by atoms with van der Waals surface area (Å²) in [6, 6.07) is 2.74. The second kappa shape index (κ2) is 5.73. The van der Waals surface area contributed by atoms with Crippen LogP contribution >= 0.6 is 0 Å². The number of nitriles is 1. The van der Waals surface area contributed by atoms with E-state index in [0.717, 1.165) is 57.9 Å². The quantitative estimate of drug-likeness (QED) is 0.769. The van der Waals surface area contributed by atoms with Crippen molar-refractivity contribution >= 4 is 5.91 Å². The van der Waals surface area contributed by atoms with Crippen molar-refractivity contribution in [3.63, 3.8) is 0 Å². The molecule has 0 radical (unpaired) electrons. The van der Waals surface area contributed by atoms with Crippen LogP contribution in [0.5, 0.6) is 0 Å². The van der Waals surface area contributed by atoms with E-state index >= 15 is 0 Å². The van der Waals surface area contributed by atoms with Gasteiger partial charge in [-0.1, -0.05) is 26.2 Å². The van der Waals surface area contributed by atoms with Crippen molar-refractivity contribution in [2.24, 2.45) is 5.41 Å². The Kier molecular flexibility index (Phi) is 4.27. The fourth-order valence-corrected chi connectivity index (χ4v) is 3.53. The third-order valence-corrected chi connectivity index (χ3v) is 4.59. The van der Waals surface area contributed by atoms with Gasteiger partial charge in [0.1, 0.15) is 5.41 Å². The first-order chi connectivity index (χ1) is 8.73. The zero-order valence-electron chi connectivity index (χ0n) is 11.5. The van der Waals surface area contributed by atoms with Gasteiger partial charge >= 0.3 is 0 Å². The number of likely N-dealkylation sites (tertiary alicyclic amines) is 1. The van der Waals surface area contributed by atoms with E-state index < -0.39 is 5.41 Å². The van der Waals surface area contributed by atoms with Gasteiger partial charge in [-0.15, -0.1) is 0 Å². The average molecular weight is 248 g/mol. The Morgan fingerprint density at radius 1 is 1.33 bits per heavy atom. The molecule has 0 bridgehead atoms. The van der Waals surface area contributed by atoms with Gasteiger partial charge in [0, 0.05) is 12.6 Å². The van der Waals surface area contributed by atoms with E-state index in [4.69, 9.17) is 0 Å².